The van der Waals surface area contributed by atoms with Gasteiger partial charge in [0.2, 0.25) is 17.7 Å². The molecular formula is C34H39FN4O3. The van der Waals surface area contributed by atoms with Gasteiger partial charge in [-0.1, -0.05) is 17.3 Å². The number of rotatable bonds is 10. The van der Waals surface area contributed by atoms with Crippen molar-refractivity contribution < 1.29 is 18.4 Å². The number of alkyl halides is 1. The van der Waals surface area contributed by atoms with Crippen LogP contribution in [0.1, 0.15) is 102 Å². The van der Waals surface area contributed by atoms with Gasteiger partial charge in [-0.3, -0.25) is 4.79 Å². The highest BCUT2D eigenvalue weighted by molar-refractivity contribution is 5.95. The maximum Gasteiger partial charge on any atom is 0.232 e. The summed E-state index contributed by atoms with van der Waals surface area (Å²) in [6.45, 7) is 3.20. The van der Waals surface area contributed by atoms with E-state index >= 15 is 0 Å². The SMILES string of the molecule is CCOc1cc(-c2cccc(N(CC34CCC(c5nc(C6CC6)no5)(CC3)CC4)C(=O)CC34CC(F)(C3)C4)c2)ccn1. The molecule has 10 rings (SSSR count). The first kappa shape index (κ1) is 26.3. The normalized spacial score (nSPS) is 32.6. The van der Waals surface area contributed by atoms with Gasteiger partial charge in [0.15, 0.2) is 5.82 Å². The molecule has 7 aliphatic carbocycles. The number of carbonyl (C=O) groups is 1. The Labute approximate surface area is 246 Å². The van der Waals surface area contributed by atoms with Crippen LogP contribution < -0.4 is 9.64 Å². The lowest BCUT2D eigenvalue weighted by Crippen LogP contribution is -2.65. The summed E-state index contributed by atoms with van der Waals surface area (Å²) >= 11 is 0. The summed E-state index contributed by atoms with van der Waals surface area (Å²) in [7, 11) is 0. The van der Waals surface area contributed by atoms with Crippen molar-refractivity contribution in [2.75, 3.05) is 18.1 Å². The molecule has 0 unspecified atom stereocenters. The molecule has 0 radical (unpaired) electrons. The Hall–Kier alpha value is -3.29. The number of nitrogens with zero attached hydrogens (tertiary/aromatic N) is 4. The van der Waals surface area contributed by atoms with Crippen molar-refractivity contribution in [3.8, 4) is 17.0 Å². The molecule has 0 saturated heterocycles. The van der Waals surface area contributed by atoms with E-state index in [0.717, 1.165) is 67.1 Å². The molecule has 7 aliphatic rings. The van der Waals surface area contributed by atoms with Gasteiger partial charge in [-0.05, 0) is 118 Å². The summed E-state index contributed by atoms with van der Waals surface area (Å²) < 4.78 is 25.9. The quantitative estimate of drug-likeness (QED) is 0.254. The lowest BCUT2D eigenvalue weighted by molar-refractivity contribution is -0.215. The van der Waals surface area contributed by atoms with E-state index in [2.05, 4.69) is 28.3 Å². The van der Waals surface area contributed by atoms with Crippen molar-refractivity contribution in [3.63, 3.8) is 0 Å². The van der Waals surface area contributed by atoms with Crippen LogP contribution in [-0.4, -0.2) is 39.9 Å². The molecule has 42 heavy (non-hydrogen) atoms. The molecule has 0 aliphatic heterocycles. The highest BCUT2D eigenvalue weighted by Gasteiger charge is 2.69. The molecule has 1 aromatic carbocycles. The largest absolute Gasteiger partial charge is 0.478 e. The average Bonchev–Trinajstić information content (AvgIpc) is 3.71. The molecule has 7 saturated carbocycles. The van der Waals surface area contributed by atoms with E-state index in [-0.39, 0.29) is 22.2 Å². The number of benzene rings is 1. The molecule has 220 valence electrons. The van der Waals surface area contributed by atoms with Crippen molar-refractivity contribution in [2.24, 2.45) is 10.8 Å². The molecular weight excluding hydrogens is 531 g/mol. The van der Waals surface area contributed by atoms with Crippen LogP contribution in [0.2, 0.25) is 0 Å². The predicted molar refractivity (Wildman–Crippen MR) is 156 cm³/mol. The smallest absolute Gasteiger partial charge is 0.232 e. The Morgan fingerprint density at radius 1 is 1.02 bits per heavy atom. The molecule has 0 atom stereocenters. The number of ether oxygens (including phenoxy) is 1. The summed E-state index contributed by atoms with van der Waals surface area (Å²) in [5.74, 6) is 2.94. The van der Waals surface area contributed by atoms with Gasteiger partial charge in [-0.2, -0.15) is 4.98 Å². The van der Waals surface area contributed by atoms with Gasteiger partial charge in [0.1, 0.15) is 5.67 Å². The molecule has 7 fully saturated rings. The molecule has 2 aromatic heterocycles. The van der Waals surface area contributed by atoms with E-state index in [0.29, 0.717) is 50.6 Å². The number of hydrogen-bond donors (Lipinski definition) is 0. The maximum atomic E-state index is 14.4. The van der Waals surface area contributed by atoms with Crippen molar-refractivity contribution in [2.45, 2.75) is 101 Å². The van der Waals surface area contributed by atoms with E-state index in [9.17, 15) is 9.18 Å². The molecule has 0 N–H and O–H groups in total. The highest BCUT2D eigenvalue weighted by Crippen LogP contribution is 2.71. The number of aromatic nitrogens is 3. The van der Waals surface area contributed by atoms with E-state index in [4.69, 9.17) is 14.2 Å². The number of fused-ring (bicyclic) bond motifs is 3. The summed E-state index contributed by atoms with van der Waals surface area (Å²) in [4.78, 5) is 25.3. The molecule has 8 heteroatoms. The van der Waals surface area contributed by atoms with Crippen LogP contribution in [0, 0.1) is 10.8 Å². The van der Waals surface area contributed by atoms with E-state index < -0.39 is 5.67 Å². The second-order valence-electron chi connectivity index (χ2n) is 14.2. The van der Waals surface area contributed by atoms with Gasteiger partial charge in [-0.15, -0.1) is 0 Å². The summed E-state index contributed by atoms with van der Waals surface area (Å²) in [5.41, 5.74) is 1.84. The van der Waals surface area contributed by atoms with Crippen LogP contribution in [0.5, 0.6) is 5.88 Å². The minimum atomic E-state index is -1.01. The topological polar surface area (TPSA) is 81.4 Å². The number of halogens is 1. The average molecular weight is 571 g/mol. The predicted octanol–water partition coefficient (Wildman–Crippen LogP) is 7.32. The summed E-state index contributed by atoms with van der Waals surface area (Å²) in [6, 6.07) is 12.2. The first-order valence-electron chi connectivity index (χ1n) is 15.8. The minimum absolute atomic E-state index is 0.0163. The third kappa shape index (κ3) is 4.44. The Morgan fingerprint density at radius 3 is 2.45 bits per heavy atom. The van der Waals surface area contributed by atoms with Gasteiger partial charge >= 0.3 is 0 Å². The second kappa shape index (κ2) is 9.35. The van der Waals surface area contributed by atoms with Crippen molar-refractivity contribution in [3.05, 3.63) is 54.3 Å². The van der Waals surface area contributed by atoms with E-state index in [1.165, 1.54) is 12.8 Å². The Bertz CT molecular complexity index is 1490. The third-order valence-electron chi connectivity index (χ3n) is 11.2. The van der Waals surface area contributed by atoms with Crippen LogP contribution in [0.15, 0.2) is 47.1 Å². The molecule has 7 nitrogen and oxygen atoms in total. The lowest BCUT2D eigenvalue weighted by atomic mass is 9.41. The second-order valence-corrected chi connectivity index (χ2v) is 14.2. The third-order valence-corrected chi connectivity index (χ3v) is 11.2. The standard InChI is InChI=1S/C34H39FN4O3/c1-2-41-27-17-25(8-15-36-27)24-4-3-5-26(16-24)39(28(40)18-32-19-34(35,20-32)21-32)22-31-9-12-33(13-10-31,14-11-31)30-37-29(38-42-30)23-6-7-23/h3-5,8,15-17,23H,2,6-7,9-14,18-22H2,1H3. The summed E-state index contributed by atoms with van der Waals surface area (Å²) in [5, 5.41) is 4.32. The van der Waals surface area contributed by atoms with Gasteiger partial charge in [0.25, 0.3) is 0 Å². The fourth-order valence-electron chi connectivity index (χ4n) is 8.57. The van der Waals surface area contributed by atoms with Gasteiger partial charge in [-0.25, -0.2) is 9.37 Å². The minimum Gasteiger partial charge on any atom is -0.478 e. The maximum absolute atomic E-state index is 14.4. The van der Waals surface area contributed by atoms with Crippen molar-refractivity contribution in [1.82, 2.24) is 15.1 Å². The van der Waals surface area contributed by atoms with E-state index in [1.54, 1.807) is 6.20 Å². The van der Waals surface area contributed by atoms with E-state index in [1.807, 2.05) is 30.0 Å². The van der Waals surface area contributed by atoms with Crippen LogP contribution in [0.4, 0.5) is 10.1 Å². The molecule has 4 bridgehead atoms. The van der Waals surface area contributed by atoms with Crippen molar-refractivity contribution in [1.29, 1.82) is 0 Å². The van der Waals surface area contributed by atoms with Crippen LogP contribution in [0.3, 0.4) is 0 Å². The van der Waals surface area contributed by atoms with Crippen LogP contribution >= 0.6 is 0 Å². The highest BCUT2D eigenvalue weighted by atomic mass is 19.1. The zero-order chi connectivity index (χ0) is 28.6. The number of pyridine rings is 1. The molecule has 2 heterocycles. The fourth-order valence-corrected chi connectivity index (χ4v) is 8.57. The lowest BCUT2D eigenvalue weighted by Gasteiger charge is -2.66. The molecule has 1 amide bonds. The number of carbonyl (C=O) groups excluding carboxylic acids is 1. The zero-order valence-electron chi connectivity index (χ0n) is 24.4. The van der Waals surface area contributed by atoms with Gasteiger partial charge in [0, 0.05) is 42.2 Å². The Balaban J connectivity index is 1.05. The van der Waals surface area contributed by atoms with Gasteiger partial charge in [0.05, 0.1) is 6.61 Å². The summed E-state index contributed by atoms with van der Waals surface area (Å²) in [6.07, 6.45) is 12.3. The number of hydrogen-bond acceptors (Lipinski definition) is 6. The zero-order valence-corrected chi connectivity index (χ0v) is 24.4. The Morgan fingerprint density at radius 2 is 1.76 bits per heavy atom. The van der Waals surface area contributed by atoms with Crippen molar-refractivity contribution >= 4 is 11.6 Å². The first-order valence-corrected chi connectivity index (χ1v) is 15.8. The van der Waals surface area contributed by atoms with Gasteiger partial charge < -0.3 is 14.2 Å². The number of anilines is 1. The monoisotopic (exact) mass is 570 g/mol. The Kier molecular flexibility index (Phi) is 5.87. The molecule has 3 aromatic rings. The fraction of sp³-hybridized carbons (Fsp3) is 0.588. The molecule has 0 spiro atoms. The van der Waals surface area contributed by atoms with Crippen LogP contribution in [-0.2, 0) is 10.2 Å². The number of amides is 1. The first-order chi connectivity index (χ1) is 20.3. The van der Waals surface area contributed by atoms with Crippen LogP contribution in [0.25, 0.3) is 11.1 Å².